The zero-order valence-electron chi connectivity index (χ0n) is 10.2. The number of rotatable bonds is 4. The molecular weight excluding hydrogens is 204 g/mol. The predicted octanol–water partition coefficient (Wildman–Crippen LogP) is 1.58. The lowest BCUT2D eigenvalue weighted by Gasteiger charge is -2.24. The zero-order chi connectivity index (χ0) is 11.1. The number of likely N-dealkylation sites (N-methyl/N-ethyl adjacent to an activating group) is 1. The topological polar surface area (TPSA) is 6.48 Å². The van der Waals surface area contributed by atoms with E-state index in [1.807, 2.05) is 0 Å². The van der Waals surface area contributed by atoms with Crippen LogP contribution in [0.1, 0.15) is 19.8 Å². The molecule has 2 aliphatic rings. The van der Waals surface area contributed by atoms with Crippen molar-refractivity contribution in [1.29, 1.82) is 0 Å². The van der Waals surface area contributed by atoms with Gasteiger partial charge in [-0.05, 0) is 44.0 Å². The summed E-state index contributed by atoms with van der Waals surface area (Å²) in [7, 11) is 4.41. The van der Waals surface area contributed by atoms with Gasteiger partial charge in [0.05, 0.1) is 0 Å². The van der Waals surface area contributed by atoms with Gasteiger partial charge in [-0.15, -0.1) is 0 Å². The predicted molar refractivity (Wildman–Crippen MR) is 68.6 cm³/mol. The van der Waals surface area contributed by atoms with E-state index in [0.717, 1.165) is 17.7 Å². The molecule has 0 N–H and O–H groups in total. The van der Waals surface area contributed by atoms with Gasteiger partial charge in [0.1, 0.15) is 0 Å². The Hall–Kier alpha value is 0.270. The molecule has 2 rings (SSSR count). The number of likely N-dealkylation sites (tertiary alicyclic amines) is 1. The molecule has 2 atom stereocenters. The Kier molecular flexibility index (Phi) is 3.34. The molecule has 0 amide bonds. The van der Waals surface area contributed by atoms with E-state index in [-0.39, 0.29) is 0 Å². The van der Waals surface area contributed by atoms with Crippen LogP contribution in [0.5, 0.6) is 0 Å². The first-order chi connectivity index (χ1) is 7.06. The molecule has 1 aliphatic carbocycles. The molecular formula is C12H24N2S. The summed E-state index contributed by atoms with van der Waals surface area (Å²) in [6.45, 7) is 6.19. The van der Waals surface area contributed by atoms with E-state index in [4.69, 9.17) is 0 Å². The van der Waals surface area contributed by atoms with Gasteiger partial charge in [0.2, 0.25) is 0 Å². The molecule has 3 heteroatoms. The third-order valence-corrected chi connectivity index (χ3v) is 4.83. The maximum atomic E-state index is 4.48. The summed E-state index contributed by atoms with van der Waals surface area (Å²) in [4.78, 5) is 5.03. The molecule has 0 aromatic carbocycles. The van der Waals surface area contributed by atoms with Crippen molar-refractivity contribution in [1.82, 2.24) is 9.80 Å². The van der Waals surface area contributed by atoms with Crippen molar-refractivity contribution >= 4 is 12.6 Å². The standard InChI is InChI=1S/C12H24N2S/c1-10-6-14(7-11(10)13(2)3)8-12(9-15)4-5-12/h10-11,15H,4-9H2,1-3H3. The minimum atomic E-state index is 0.587. The fourth-order valence-electron chi connectivity index (χ4n) is 2.87. The maximum absolute atomic E-state index is 4.48. The van der Waals surface area contributed by atoms with Gasteiger partial charge in [-0.2, -0.15) is 12.6 Å². The highest BCUT2D eigenvalue weighted by Gasteiger charge is 2.44. The van der Waals surface area contributed by atoms with Crippen molar-refractivity contribution in [3.63, 3.8) is 0 Å². The van der Waals surface area contributed by atoms with Crippen molar-refractivity contribution in [3.8, 4) is 0 Å². The summed E-state index contributed by atoms with van der Waals surface area (Å²) in [5, 5.41) is 0. The van der Waals surface area contributed by atoms with Crippen LogP contribution in [-0.4, -0.2) is 55.3 Å². The van der Waals surface area contributed by atoms with Crippen LogP contribution in [0, 0.1) is 11.3 Å². The Bertz CT molecular complexity index is 226. The summed E-state index contributed by atoms with van der Waals surface area (Å²) in [5.41, 5.74) is 0.587. The normalized spacial score (nSPS) is 35.0. The quantitative estimate of drug-likeness (QED) is 0.730. The number of nitrogens with zero attached hydrogens (tertiary/aromatic N) is 2. The Morgan fingerprint density at radius 1 is 1.33 bits per heavy atom. The van der Waals surface area contributed by atoms with Gasteiger partial charge < -0.3 is 9.80 Å². The first kappa shape index (κ1) is 11.7. The molecule has 2 unspecified atom stereocenters. The molecule has 0 spiro atoms. The molecule has 1 saturated carbocycles. The molecule has 1 heterocycles. The van der Waals surface area contributed by atoms with Gasteiger partial charge in [0.25, 0.3) is 0 Å². The highest BCUT2D eigenvalue weighted by atomic mass is 32.1. The average Bonchev–Trinajstić information content (AvgIpc) is 2.84. The Labute approximate surface area is 99.4 Å². The van der Waals surface area contributed by atoms with Crippen molar-refractivity contribution in [2.24, 2.45) is 11.3 Å². The van der Waals surface area contributed by atoms with E-state index in [0.29, 0.717) is 5.41 Å². The van der Waals surface area contributed by atoms with E-state index >= 15 is 0 Å². The van der Waals surface area contributed by atoms with Crippen LogP contribution in [0.4, 0.5) is 0 Å². The second-order valence-electron chi connectivity index (χ2n) is 5.86. The Balaban J connectivity index is 1.86. The SMILES string of the molecule is CC1CN(CC2(CS)CC2)CC1N(C)C. The van der Waals surface area contributed by atoms with Crippen LogP contribution in [0.3, 0.4) is 0 Å². The molecule has 2 fully saturated rings. The van der Waals surface area contributed by atoms with E-state index in [1.54, 1.807) is 0 Å². The minimum absolute atomic E-state index is 0.587. The Morgan fingerprint density at radius 2 is 2.00 bits per heavy atom. The summed E-state index contributed by atoms with van der Waals surface area (Å²) >= 11 is 4.48. The maximum Gasteiger partial charge on any atom is 0.0254 e. The van der Waals surface area contributed by atoms with E-state index in [1.165, 1.54) is 32.5 Å². The van der Waals surface area contributed by atoms with Crippen LogP contribution in [0.25, 0.3) is 0 Å². The molecule has 0 aromatic rings. The van der Waals surface area contributed by atoms with Gasteiger partial charge in [-0.25, -0.2) is 0 Å². The van der Waals surface area contributed by atoms with Crippen molar-refractivity contribution in [2.45, 2.75) is 25.8 Å². The first-order valence-electron chi connectivity index (χ1n) is 6.06. The lowest BCUT2D eigenvalue weighted by Crippen LogP contribution is -2.35. The number of thiol groups is 1. The van der Waals surface area contributed by atoms with E-state index in [9.17, 15) is 0 Å². The highest BCUT2D eigenvalue weighted by Crippen LogP contribution is 2.47. The second kappa shape index (κ2) is 4.27. The van der Waals surface area contributed by atoms with Crippen molar-refractivity contribution in [3.05, 3.63) is 0 Å². The van der Waals surface area contributed by atoms with Crippen LogP contribution in [0.2, 0.25) is 0 Å². The summed E-state index contributed by atoms with van der Waals surface area (Å²) in [6.07, 6.45) is 2.79. The van der Waals surface area contributed by atoms with Gasteiger partial charge >= 0.3 is 0 Å². The fraction of sp³-hybridized carbons (Fsp3) is 1.00. The molecule has 88 valence electrons. The lowest BCUT2D eigenvalue weighted by atomic mass is 10.1. The number of hydrogen-bond donors (Lipinski definition) is 1. The molecule has 1 aliphatic heterocycles. The first-order valence-corrected chi connectivity index (χ1v) is 6.69. The van der Waals surface area contributed by atoms with E-state index < -0.39 is 0 Å². The highest BCUT2D eigenvalue weighted by molar-refractivity contribution is 7.80. The summed E-state index contributed by atoms with van der Waals surface area (Å²) in [5.74, 6) is 1.89. The van der Waals surface area contributed by atoms with Crippen molar-refractivity contribution < 1.29 is 0 Å². The molecule has 1 saturated heterocycles. The van der Waals surface area contributed by atoms with Crippen LogP contribution < -0.4 is 0 Å². The van der Waals surface area contributed by atoms with Gasteiger partial charge in [0.15, 0.2) is 0 Å². The van der Waals surface area contributed by atoms with Gasteiger partial charge in [-0.1, -0.05) is 6.92 Å². The van der Waals surface area contributed by atoms with Crippen LogP contribution in [-0.2, 0) is 0 Å². The summed E-state index contributed by atoms with van der Waals surface area (Å²) < 4.78 is 0. The van der Waals surface area contributed by atoms with Gasteiger partial charge in [-0.3, -0.25) is 0 Å². The minimum Gasteiger partial charge on any atom is -0.305 e. The van der Waals surface area contributed by atoms with Crippen molar-refractivity contribution in [2.75, 3.05) is 39.5 Å². The molecule has 0 bridgehead atoms. The summed E-state index contributed by atoms with van der Waals surface area (Å²) in [6, 6.07) is 0.751. The molecule has 0 aromatic heterocycles. The third-order valence-electron chi connectivity index (χ3n) is 4.16. The Morgan fingerprint density at radius 3 is 2.40 bits per heavy atom. The van der Waals surface area contributed by atoms with Crippen LogP contribution >= 0.6 is 12.6 Å². The fourth-order valence-corrected chi connectivity index (χ4v) is 3.28. The number of hydrogen-bond acceptors (Lipinski definition) is 3. The zero-order valence-corrected chi connectivity index (χ0v) is 11.1. The average molecular weight is 228 g/mol. The smallest absolute Gasteiger partial charge is 0.0254 e. The van der Waals surface area contributed by atoms with E-state index in [2.05, 4.69) is 43.4 Å². The largest absolute Gasteiger partial charge is 0.305 e. The van der Waals surface area contributed by atoms with Gasteiger partial charge in [0, 0.05) is 25.7 Å². The molecule has 0 radical (unpaired) electrons. The molecule has 15 heavy (non-hydrogen) atoms. The molecule has 2 nitrogen and oxygen atoms in total. The second-order valence-corrected chi connectivity index (χ2v) is 6.18. The monoisotopic (exact) mass is 228 g/mol. The third kappa shape index (κ3) is 2.51. The lowest BCUT2D eigenvalue weighted by molar-refractivity contribution is 0.237. The van der Waals surface area contributed by atoms with Crippen LogP contribution in [0.15, 0.2) is 0 Å².